The minimum Gasteiger partial charge on any atom is -0.469 e. The number of aliphatic hydroxyl groups excluding tert-OH is 1. The Morgan fingerprint density at radius 1 is 1.22 bits per heavy atom. The SMILES string of the molecule is COC(=O)C1(C)CCC2C(CC=C3CC(O)CCC32C)C1C=C1Nc2ccccc2C1=O. The third-order valence-electron chi connectivity index (χ3n) is 9.01. The van der Waals surface area contributed by atoms with Crippen LogP contribution in [0.2, 0.25) is 0 Å². The molecule has 1 aromatic rings. The molecule has 2 saturated carbocycles. The summed E-state index contributed by atoms with van der Waals surface area (Å²) in [6.45, 7) is 4.36. The molecule has 170 valence electrons. The zero-order chi connectivity index (χ0) is 22.7. The Hall–Kier alpha value is -2.40. The minimum absolute atomic E-state index is 0.00557. The molecule has 6 atom stereocenters. The smallest absolute Gasteiger partial charge is 0.312 e. The van der Waals surface area contributed by atoms with Gasteiger partial charge in [-0.2, -0.15) is 0 Å². The van der Waals surface area contributed by atoms with E-state index in [0.29, 0.717) is 17.2 Å². The van der Waals surface area contributed by atoms with Crippen LogP contribution in [0, 0.1) is 28.6 Å². The van der Waals surface area contributed by atoms with Crippen molar-refractivity contribution < 1.29 is 19.4 Å². The molecule has 1 aromatic carbocycles. The molecule has 5 nitrogen and oxygen atoms in total. The van der Waals surface area contributed by atoms with Crippen LogP contribution in [0.25, 0.3) is 0 Å². The highest BCUT2D eigenvalue weighted by Gasteiger charge is 2.57. The molecule has 2 N–H and O–H groups in total. The molecule has 0 amide bonds. The molecule has 1 heterocycles. The molecule has 32 heavy (non-hydrogen) atoms. The third kappa shape index (κ3) is 3.08. The summed E-state index contributed by atoms with van der Waals surface area (Å²) in [7, 11) is 1.46. The number of carbonyl (C=O) groups is 2. The predicted octanol–water partition coefficient (Wildman–Crippen LogP) is 4.88. The molecule has 0 radical (unpaired) electrons. The van der Waals surface area contributed by atoms with Crippen LogP contribution >= 0.6 is 0 Å². The third-order valence-corrected chi connectivity index (χ3v) is 9.01. The summed E-state index contributed by atoms with van der Waals surface area (Å²) < 4.78 is 5.28. The molecule has 0 aromatic heterocycles. The molecule has 0 spiro atoms. The maximum absolute atomic E-state index is 13.1. The van der Waals surface area contributed by atoms with Crippen LogP contribution in [0.4, 0.5) is 5.69 Å². The minimum atomic E-state index is -0.671. The van der Waals surface area contributed by atoms with Crippen LogP contribution in [0.15, 0.2) is 47.7 Å². The molecule has 3 aliphatic carbocycles. The second kappa shape index (κ2) is 7.58. The zero-order valence-corrected chi connectivity index (χ0v) is 19.2. The van der Waals surface area contributed by atoms with Crippen molar-refractivity contribution >= 4 is 17.4 Å². The number of aliphatic hydroxyl groups is 1. The van der Waals surface area contributed by atoms with Gasteiger partial charge in [0.25, 0.3) is 0 Å². The summed E-state index contributed by atoms with van der Waals surface area (Å²) in [5, 5.41) is 13.6. The van der Waals surface area contributed by atoms with Crippen LogP contribution in [-0.2, 0) is 9.53 Å². The van der Waals surface area contributed by atoms with Crippen molar-refractivity contribution in [3.05, 3.63) is 53.3 Å². The average molecular weight is 436 g/mol. The van der Waals surface area contributed by atoms with E-state index in [1.54, 1.807) is 0 Å². The number of esters is 1. The molecule has 5 heteroatoms. The van der Waals surface area contributed by atoms with E-state index in [1.165, 1.54) is 12.7 Å². The van der Waals surface area contributed by atoms with Gasteiger partial charge in [-0.3, -0.25) is 9.59 Å². The number of para-hydroxylation sites is 1. The van der Waals surface area contributed by atoms with Gasteiger partial charge in [0.05, 0.1) is 24.3 Å². The first-order chi connectivity index (χ1) is 15.3. The lowest BCUT2D eigenvalue weighted by atomic mass is 9.47. The molecular formula is C27H33NO4. The van der Waals surface area contributed by atoms with Gasteiger partial charge in [-0.25, -0.2) is 0 Å². The van der Waals surface area contributed by atoms with Crippen LogP contribution in [0.5, 0.6) is 0 Å². The Bertz CT molecular complexity index is 1030. The first-order valence-corrected chi connectivity index (χ1v) is 11.9. The fraction of sp³-hybridized carbons (Fsp3) is 0.556. The Morgan fingerprint density at radius 3 is 2.75 bits per heavy atom. The van der Waals surface area contributed by atoms with Crippen LogP contribution in [0.1, 0.15) is 62.7 Å². The van der Waals surface area contributed by atoms with E-state index in [-0.39, 0.29) is 35.1 Å². The van der Waals surface area contributed by atoms with Crippen molar-refractivity contribution in [1.29, 1.82) is 0 Å². The quantitative estimate of drug-likeness (QED) is 0.393. The topological polar surface area (TPSA) is 75.6 Å². The van der Waals surface area contributed by atoms with E-state index in [9.17, 15) is 14.7 Å². The second-order valence-corrected chi connectivity index (χ2v) is 10.6. The Balaban J connectivity index is 1.56. The summed E-state index contributed by atoms with van der Waals surface area (Å²) in [4.78, 5) is 26.2. The number of ether oxygens (including phenoxy) is 1. The number of hydrogen-bond donors (Lipinski definition) is 2. The van der Waals surface area contributed by atoms with Gasteiger partial charge >= 0.3 is 5.97 Å². The van der Waals surface area contributed by atoms with E-state index in [1.807, 2.05) is 37.3 Å². The first kappa shape index (κ1) is 21.4. The Kier molecular flexibility index (Phi) is 5.08. The van der Waals surface area contributed by atoms with E-state index in [4.69, 9.17) is 4.74 Å². The number of ketones is 1. The lowest BCUT2D eigenvalue weighted by molar-refractivity contribution is -0.161. The molecule has 2 fully saturated rings. The number of allylic oxidation sites excluding steroid dienone is 3. The number of carbonyl (C=O) groups excluding carboxylic acids is 2. The first-order valence-electron chi connectivity index (χ1n) is 11.9. The van der Waals surface area contributed by atoms with Crippen molar-refractivity contribution in [3.63, 3.8) is 0 Å². The molecule has 5 rings (SSSR count). The van der Waals surface area contributed by atoms with Gasteiger partial charge in [0.2, 0.25) is 5.78 Å². The normalized spacial score (nSPS) is 39.4. The lowest BCUT2D eigenvalue weighted by Gasteiger charge is -2.57. The number of nitrogens with one attached hydrogen (secondary N) is 1. The van der Waals surface area contributed by atoms with Gasteiger partial charge < -0.3 is 15.2 Å². The summed E-state index contributed by atoms with van der Waals surface area (Å²) in [6.07, 6.45) is 9.23. The number of methoxy groups -OCH3 is 1. The molecule has 0 saturated heterocycles. The van der Waals surface area contributed by atoms with E-state index < -0.39 is 5.41 Å². The van der Waals surface area contributed by atoms with Crippen molar-refractivity contribution in [2.75, 3.05) is 12.4 Å². The largest absolute Gasteiger partial charge is 0.469 e. The monoisotopic (exact) mass is 435 g/mol. The van der Waals surface area contributed by atoms with Gasteiger partial charge in [-0.15, -0.1) is 0 Å². The van der Waals surface area contributed by atoms with Crippen molar-refractivity contribution in [3.8, 4) is 0 Å². The predicted molar refractivity (Wildman–Crippen MR) is 123 cm³/mol. The van der Waals surface area contributed by atoms with E-state index >= 15 is 0 Å². The van der Waals surface area contributed by atoms with Gasteiger partial charge in [0.1, 0.15) is 0 Å². The summed E-state index contributed by atoms with van der Waals surface area (Å²) in [5.41, 5.74) is 2.85. The molecule has 1 aliphatic heterocycles. The highest BCUT2D eigenvalue weighted by atomic mass is 16.5. The number of fused-ring (bicyclic) bond motifs is 4. The zero-order valence-electron chi connectivity index (χ0n) is 19.2. The fourth-order valence-corrected chi connectivity index (χ4v) is 7.11. The molecule has 0 bridgehead atoms. The lowest BCUT2D eigenvalue weighted by Crippen LogP contribution is -2.52. The van der Waals surface area contributed by atoms with E-state index in [0.717, 1.165) is 44.2 Å². The Labute approximate surface area is 189 Å². The Morgan fingerprint density at radius 2 is 2.00 bits per heavy atom. The summed E-state index contributed by atoms with van der Waals surface area (Å²) in [6, 6.07) is 7.56. The fourth-order valence-electron chi connectivity index (χ4n) is 7.11. The molecule has 4 aliphatic rings. The van der Waals surface area contributed by atoms with Crippen molar-refractivity contribution in [2.24, 2.45) is 28.6 Å². The molecular weight excluding hydrogens is 402 g/mol. The maximum Gasteiger partial charge on any atom is 0.312 e. The standard InChI is InChI=1S/C27H33NO4/c1-26-12-10-17(29)14-16(26)8-9-18-20(26)11-13-27(2,25(31)32-3)21(18)15-23-24(30)19-6-4-5-7-22(19)28-23/h4-8,15,17-18,20-21,28-29H,9-14H2,1-3H3. The highest BCUT2D eigenvalue weighted by Crippen LogP contribution is 2.61. The van der Waals surface area contributed by atoms with Crippen LogP contribution < -0.4 is 5.32 Å². The van der Waals surface area contributed by atoms with Gasteiger partial charge in [-0.1, -0.05) is 36.8 Å². The van der Waals surface area contributed by atoms with E-state index in [2.05, 4.69) is 18.3 Å². The second-order valence-electron chi connectivity index (χ2n) is 10.6. The summed E-state index contributed by atoms with van der Waals surface area (Å²) in [5.74, 6) is 0.376. The van der Waals surface area contributed by atoms with Gasteiger partial charge in [0, 0.05) is 11.3 Å². The summed E-state index contributed by atoms with van der Waals surface area (Å²) >= 11 is 0. The maximum atomic E-state index is 13.1. The molecule has 6 unspecified atom stereocenters. The van der Waals surface area contributed by atoms with Crippen molar-refractivity contribution in [2.45, 2.75) is 58.5 Å². The van der Waals surface area contributed by atoms with Crippen LogP contribution in [-0.4, -0.2) is 30.1 Å². The number of Topliss-reactive ketones (excluding diaryl/α,β-unsaturated/α-hetero) is 1. The van der Waals surface area contributed by atoms with Crippen LogP contribution in [0.3, 0.4) is 0 Å². The number of anilines is 1. The number of rotatable bonds is 2. The number of benzene rings is 1. The number of hydrogen-bond acceptors (Lipinski definition) is 5. The van der Waals surface area contributed by atoms with Gasteiger partial charge in [-0.05, 0) is 80.8 Å². The highest BCUT2D eigenvalue weighted by molar-refractivity contribution is 6.18. The van der Waals surface area contributed by atoms with Gasteiger partial charge in [0.15, 0.2) is 0 Å². The van der Waals surface area contributed by atoms with Crippen molar-refractivity contribution in [1.82, 2.24) is 0 Å². The average Bonchev–Trinajstić information content (AvgIpc) is 3.11.